The van der Waals surface area contributed by atoms with Crippen molar-refractivity contribution in [2.75, 3.05) is 13.1 Å². The molecule has 0 bridgehead atoms. The summed E-state index contributed by atoms with van der Waals surface area (Å²) in [5.74, 6) is -3.66. The predicted octanol–water partition coefficient (Wildman–Crippen LogP) is -0.305. The minimum Gasteiger partial charge on any atom is -0.481 e. The smallest absolute Gasteiger partial charge is 0.326 e. The molecule has 4 atom stereocenters. The SMILES string of the molecule is CC(C)CC(NC(=O)C(CCC(=O)O)NC(=O)C1CCCN1)C(=O)N1CCCC1C(=O)O. The second-order valence-electron chi connectivity index (χ2n) is 8.86. The van der Waals surface area contributed by atoms with E-state index in [1.165, 1.54) is 4.90 Å². The molecule has 2 rings (SSSR count). The summed E-state index contributed by atoms with van der Waals surface area (Å²) in [5, 5.41) is 26.7. The van der Waals surface area contributed by atoms with Gasteiger partial charge in [-0.25, -0.2) is 4.79 Å². The van der Waals surface area contributed by atoms with E-state index >= 15 is 0 Å². The number of carbonyl (C=O) groups excluding carboxylic acids is 3. The van der Waals surface area contributed by atoms with Crippen LogP contribution in [0, 0.1) is 5.92 Å². The summed E-state index contributed by atoms with van der Waals surface area (Å²) >= 11 is 0. The number of carboxylic acids is 2. The molecule has 0 radical (unpaired) electrons. The lowest BCUT2D eigenvalue weighted by molar-refractivity contribution is -0.149. The van der Waals surface area contributed by atoms with Crippen LogP contribution in [0.5, 0.6) is 0 Å². The standard InChI is InChI=1S/C21H34N4O7/c1-12(2)11-15(20(30)25-10-4-6-16(25)21(31)32)24-19(29)14(7-8-17(26)27)23-18(28)13-5-3-9-22-13/h12-16,22H,3-11H2,1-2H3,(H,23,28)(H,24,29)(H,26,27)(H,31,32). The van der Waals surface area contributed by atoms with Crippen molar-refractivity contribution in [3.63, 3.8) is 0 Å². The Balaban J connectivity index is 2.13. The van der Waals surface area contributed by atoms with Crippen LogP contribution in [-0.4, -0.2) is 82.0 Å². The first-order chi connectivity index (χ1) is 15.1. The molecule has 11 heteroatoms. The van der Waals surface area contributed by atoms with Crippen LogP contribution >= 0.6 is 0 Å². The number of likely N-dealkylation sites (tertiary alicyclic amines) is 1. The molecule has 180 valence electrons. The molecular formula is C21H34N4O7. The quantitative estimate of drug-likeness (QED) is 0.284. The van der Waals surface area contributed by atoms with E-state index in [9.17, 15) is 29.1 Å². The topological polar surface area (TPSA) is 165 Å². The number of amides is 3. The molecule has 0 aromatic rings. The molecule has 5 N–H and O–H groups in total. The molecule has 0 saturated carbocycles. The molecular weight excluding hydrogens is 420 g/mol. The summed E-state index contributed by atoms with van der Waals surface area (Å²) in [6.07, 6.45) is 2.22. The number of aliphatic carboxylic acids is 2. The summed E-state index contributed by atoms with van der Waals surface area (Å²) in [7, 11) is 0. The maximum Gasteiger partial charge on any atom is 0.326 e. The average Bonchev–Trinajstić information content (AvgIpc) is 3.41. The van der Waals surface area contributed by atoms with Gasteiger partial charge < -0.3 is 31.1 Å². The van der Waals surface area contributed by atoms with Gasteiger partial charge in [0, 0.05) is 13.0 Å². The lowest BCUT2D eigenvalue weighted by atomic mass is 10.0. The summed E-state index contributed by atoms with van der Waals surface area (Å²) in [4.78, 5) is 62.4. The van der Waals surface area contributed by atoms with Crippen molar-refractivity contribution in [1.82, 2.24) is 20.9 Å². The van der Waals surface area contributed by atoms with Gasteiger partial charge in [-0.05, 0) is 51.0 Å². The first kappa shape index (κ1) is 25.6. The summed E-state index contributed by atoms with van der Waals surface area (Å²) < 4.78 is 0. The van der Waals surface area contributed by atoms with Crippen molar-refractivity contribution in [2.24, 2.45) is 5.92 Å². The van der Waals surface area contributed by atoms with Gasteiger partial charge in [0.15, 0.2) is 0 Å². The van der Waals surface area contributed by atoms with E-state index < -0.39 is 47.9 Å². The molecule has 0 aromatic carbocycles. The van der Waals surface area contributed by atoms with Gasteiger partial charge in [0.1, 0.15) is 18.1 Å². The molecule has 0 spiro atoms. The van der Waals surface area contributed by atoms with Crippen molar-refractivity contribution in [3.05, 3.63) is 0 Å². The minimum atomic E-state index is -1.11. The zero-order valence-corrected chi connectivity index (χ0v) is 18.6. The Morgan fingerprint density at radius 3 is 2.31 bits per heavy atom. The van der Waals surface area contributed by atoms with Gasteiger partial charge >= 0.3 is 11.9 Å². The fourth-order valence-corrected chi connectivity index (χ4v) is 4.17. The molecule has 2 saturated heterocycles. The molecule has 32 heavy (non-hydrogen) atoms. The zero-order chi connectivity index (χ0) is 23.8. The third-order valence-corrected chi connectivity index (χ3v) is 5.80. The van der Waals surface area contributed by atoms with Crippen molar-refractivity contribution in [1.29, 1.82) is 0 Å². The van der Waals surface area contributed by atoms with Gasteiger partial charge in [0.25, 0.3) is 0 Å². The molecule has 2 heterocycles. The van der Waals surface area contributed by atoms with E-state index in [0.29, 0.717) is 32.4 Å². The van der Waals surface area contributed by atoms with Crippen molar-refractivity contribution in [3.8, 4) is 0 Å². The van der Waals surface area contributed by atoms with E-state index in [1.54, 1.807) is 0 Å². The van der Waals surface area contributed by atoms with Crippen molar-refractivity contribution >= 4 is 29.7 Å². The van der Waals surface area contributed by atoms with Gasteiger partial charge in [-0.15, -0.1) is 0 Å². The first-order valence-electron chi connectivity index (χ1n) is 11.2. The van der Waals surface area contributed by atoms with Crippen LogP contribution in [0.1, 0.15) is 58.8 Å². The van der Waals surface area contributed by atoms with E-state index in [0.717, 1.165) is 6.42 Å². The highest BCUT2D eigenvalue weighted by Crippen LogP contribution is 2.20. The minimum absolute atomic E-state index is 0.0323. The first-order valence-corrected chi connectivity index (χ1v) is 11.2. The largest absolute Gasteiger partial charge is 0.481 e. The highest BCUT2D eigenvalue weighted by molar-refractivity contribution is 5.94. The fraction of sp³-hybridized carbons (Fsp3) is 0.762. The predicted molar refractivity (Wildman–Crippen MR) is 114 cm³/mol. The summed E-state index contributed by atoms with van der Waals surface area (Å²) in [6, 6.07) is -3.44. The van der Waals surface area contributed by atoms with Gasteiger partial charge in [-0.2, -0.15) is 0 Å². The average molecular weight is 455 g/mol. The Morgan fingerprint density at radius 2 is 1.75 bits per heavy atom. The number of nitrogens with one attached hydrogen (secondary N) is 3. The number of nitrogens with zero attached hydrogens (tertiary/aromatic N) is 1. The Labute approximate surface area is 187 Å². The van der Waals surface area contributed by atoms with Gasteiger partial charge in [0.2, 0.25) is 17.7 Å². The molecule has 4 unspecified atom stereocenters. The third-order valence-electron chi connectivity index (χ3n) is 5.80. The number of hydrogen-bond acceptors (Lipinski definition) is 6. The molecule has 3 amide bonds. The van der Waals surface area contributed by atoms with Crippen LogP contribution in [0.3, 0.4) is 0 Å². The molecule has 2 aliphatic rings. The molecule has 2 aliphatic heterocycles. The second-order valence-corrected chi connectivity index (χ2v) is 8.86. The highest BCUT2D eigenvalue weighted by atomic mass is 16.4. The van der Waals surface area contributed by atoms with Crippen molar-refractivity contribution < 1.29 is 34.2 Å². The van der Waals surface area contributed by atoms with Gasteiger partial charge in [-0.1, -0.05) is 13.8 Å². The van der Waals surface area contributed by atoms with Crippen LogP contribution in [0.15, 0.2) is 0 Å². The van der Waals surface area contributed by atoms with E-state index in [-0.39, 0.29) is 31.1 Å². The van der Waals surface area contributed by atoms with Crippen LogP contribution < -0.4 is 16.0 Å². The van der Waals surface area contributed by atoms with Crippen LogP contribution in [0.25, 0.3) is 0 Å². The number of rotatable bonds is 11. The molecule has 11 nitrogen and oxygen atoms in total. The van der Waals surface area contributed by atoms with Crippen molar-refractivity contribution in [2.45, 2.75) is 83.0 Å². The molecule has 0 aromatic heterocycles. The number of hydrogen-bond donors (Lipinski definition) is 5. The van der Waals surface area contributed by atoms with E-state index in [1.807, 2.05) is 13.8 Å². The molecule has 2 fully saturated rings. The Morgan fingerprint density at radius 1 is 1.03 bits per heavy atom. The lowest BCUT2D eigenvalue weighted by Gasteiger charge is -2.29. The van der Waals surface area contributed by atoms with Crippen LogP contribution in [-0.2, 0) is 24.0 Å². The summed E-state index contributed by atoms with van der Waals surface area (Å²) in [6.45, 7) is 4.74. The fourth-order valence-electron chi connectivity index (χ4n) is 4.17. The maximum absolute atomic E-state index is 13.1. The van der Waals surface area contributed by atoms with Crippen LogP contribution in [0.4, 0.5) is 0 Å². The van der Waals surface area contributed by atoms with E-state index in [4.69, 9.17) is 5.11 Å². The monoisotopic (exact) mass is 454 g/mol. The Hall–Kier alpha value is -2.69. The lowest BCUT2D eigenvalue weighted by Crippen LogP contribution is -2.57. The number of carboxylic acid groups (broad SMARTS) is 2. The molecule has 0 aliphatic carbocycles. The summed E-state index contributed by atoms with van der Waals surface area (Å²) in [5.41, 5.74) is 0. The zero-order valence-electron chi connectivity index (χ0n) is 18.6. The third kappa shape index (κ3) is 7.18. The van der Waals surface area contributed by atoms with E-state index in [2.05, 4.69) is 16.0 Å². The number of carbonyl (C=O) groups is 5. The Kier molecular flexibility index (Phi) is 9.42. The maximum atomic E-state index is 13.1. The van der Waals surface area contributed by atoms with Gasteiger partial charge in [0.05, 0.1) is 6.04 Å². The normalized spacial score (nSPS) is 22.4. The highest BCUT2D eigenvalue weighted by Gasteiger charge is 2.38. The van der Waals surface area contributed by atoms with Crippen LogP contribution in [0.2, 0.25) is 0 Å². The second kappa shape index (κ2) is 11.8. The van der Waals surface area contributed by atoms with Gasteiger partial charge in [-0.3, -0.25) is 19.2 Å². The Bertz CT molecular complexity index is 721.